The molecule has 5 heteroatoms. The molecule has 2 aliphatic rings. The topological polar surface area (TPSA) is 52.7 Å². The number of nitrogens with one attached hydrogen (secondary N) is 1. The van der Waals surface area contributed by atoms with E-state index in [9.17, 15) is 9.59 Å². The zero-order chi connectivity index (χ0) is 18.5. The van der Waals surface area contributed by atoms with Crippen LogP contribution < -0.4 is 5.32 Å². The van der Waals surface area contributed by atoms with Crippen molar-refractivity contribution in [2.75, 3.05) is 19.6 Å². The van der Waals surface area contributed by atoms with Crippen LogP contribution in [0.25, 0.3) is 0 Å². The SMILES string of the molecule is CC(C)NC(=O)CN1CCC(C(=O)N(Cc2ccccc2)C2CC2)CC1. The summed E-state index contributed by atoms with van der Waals surface area (Å²) in [5.41, 5.74) is 1.20. The quantitative estimate of drug-likeness (QED) is 0.815. The molecule has 1 aliphatic carbocycles. The lowest BCUT2D eigenvalue weighted by atomic mass is 9.95. The van der Waals surface area contributed by atoms with Gasteiger partial charge in [0.1, 0.15) is 0 Å². The maximum Gasteiger partial charge on any atom is 0.234 e. The number of carbonyl (C=O) groups excluding carboxylic acids is 2. The minimum absolute atomic E-state index is 0.0773. The summed E-state index contributed by atoms with van der Waals surface area (Å²) in [5, 5.41) is 2.94. The van der Waals surface area contributed by atoms with Crippen molar-refractivity contribution in [1.29, 1.82) is 0 Å². The van der Waals surface area contributed by atoms with Crippen LogP contribution in [0.5, 0.6) is 0 Å². The molecule has 1 saturated heterocycles. The van der Waals surface area contributed by atoms with Crippen LogP contribution in [0.15, 0.2) is 30.3 Å². The molecule has 0 radical (unpaired) electrons. The maximum absolute atomic E-state index is 13.1. The Balaban J connectivity index is 1.51. The van der Waals surface area contributed by atoms with E-state index in [1.807, 2.05) is 32.0 Å². The molecular weight excluding hydrogens is 326 g/mol. The van der Waals surface area contributed by atoms with Crippen molar-refractivity contribution in [1.82, 2.24) is 15.1 Å². The Labute approximate surface area is 156 Å². The molecule has 2 fully saturated rings. The molecule has 26 heavy (non-hydrogen) atoms. The first-order chi connectivity index (χ1) is 12.5. The van der Waals surface area contributed by atoms with E-state index in [1.165, 1.54) is 5.56 Å². The van der Waals surface area contributed by atoms with Crippen LogP contribution in [0, 0.1) is 5.92 Å². The lowest BCUT2D eigenvalue weighted by Gasteiger charge is -2.34. The predicted octanol–water partition coefficient (Wildman–Crippen LogP) is 2.41. The van der Waals surface area contributed by atoms with Crippen LogP contribution in [0.2, 0.25) is 0 Å². The molecular formula is C21H31N3O2. The number of rotatable bonds is 7. The molecule has 1 aliphatic heterocycles. The second-order valence-electron chi connectivity index (χ2n) is 7.96. The highest BCUT2D eigenvalue weighted by Crippen LogP contribution is 2.31. The van der Waals surface area contributed by atoms with Gasteiger partial charge in [-0.2, -0.15) is 0 Å². The highest BCUT2D eigenvalue weighted by molar-refractivity contribution is 5.80. The second kappa shape index (κ2) is 8.67. The van der Waals surface area contributed by atoms with Crippen molar-refractivity contribution >= 4 is 11.8 Å². The van der Waals surface area contributed by atoms with Crippen molar-refractivity contribution in [3.63, 3.8) is 0 Å². The van der Waals surface area contributed by atoms with Crippen LogP contribution in [-0.2, 0) is 16.1 Å². The van der Waals surface area contributed by atoms with Gasteiger partial charge in [0.25, 0.3) is 0 Å². The molecule has 0 spiro atoms. The number of amides is 2. The monoisotopic (exact) mass is 357 g/mol. The third-order valence-electron chi connectivity index (χ3n) is 5.22. The summed E-state index contributed by atoms with van der Waals surface area (Å²) in [6.07, 6.45) is 3.97. The molecule has 2 amide bonds. The zero-order valence-corrected chi connectivity index (χ0v) is 16.0. The molecule has 1 N–H and O–H groups in total. The summed E-state index contributed by atoms with van der Waals surface area (Å²) < 4.78 is 0. The molecule has 0 unspecified atom stereocenters. The van der Waals surface area contributed by atoms with E-state index < -0.39 is 0 Å². The summed E-state index contributed by atoms with van der Waals surface area (Å²) in [6.45, 7) is 6.76. The first-order valence-electron chi connectivity index (χ1n) is 9.89. The van der Waals surface area contributed by atoms with E-state index in [1.54, 1.807) is 0 Å². The van der Waals surface area contributed by atoms with E-state index in [2.05, 4.69) is 27.2 Å². The summed E-state index contributed by atoms with van der Waals surface area (Å²) in [7, 11) is 0. The first-order valence-corrected chi connectivity index (χ1v) is 9.89. The van der Waals surface area contributed by atoms with E-state index in [0.29, 0.717) is 18.5 Å². The smallest absolute Gasteiger partial charge is 0.234 e. The van der Waals surface area contributed by atoms with Crippen LogP contribution in [0.3, 0.4) is 0 Å². The van der Waals surface area contributed by atoms with Gasteiger partial charge in [0.15, 0.2) is 0 Å². The fourth-order valence-electron chi connectivity index (χ4n) is 3.70. The lowest BCUT2D eigenvalue weighted by molar-refractivity contribution is -0.138. The number of hydrogen-bond donors (Lipinski definition) is 1. The number of hydrogen-bond acceptors (Lipinski definition) is 3. The van der Waals surface area contributed by atoms with Gasteiger partial charge in [-0.1, -0.05) is 30.3 Å². The van der Waals surface area contributed by atoms with Crippen LogP contribution in [0.4, 0.5) is 0 Å². The fourth-order valence-corrected chi connectivity index (χ4v) is 3.70. The molecule has 0 bridgehead atoms. The molecule has 5 nitrogen and oxygen atoms in total. The summed E-state index contributed by atoms with van der Waals surface area (Å²) in [5.74, 6) is 0.486. The van der Waals surface area contributed by atoms with Gasteiger partial charge in [-0.05, 0) is 58.2 Å². The lowest BCUT2D eigenvalue weighted by Crippen LogP contribution is -2.46. The normalized spacial score (nSPS) is 18.7. The Morgan fingerprint density at radius 1 is 1.12 bits per heavy atom. The third-order valence-corrected chi connectivity index (χ3v) is 5.22. The van der Waals surface area contributed by atoms with Crippen molar-refractivity contribution < 1.29 is 9.59 Å². The average molecular weight is 357 g/mol. The Kier molecular flexibility index (Phi) is 6.30. The van der Waals surface area contributed by atoms with Gasteiger partial charge in [-0.3, -0.25) is 14.5 Å². The number of likely N-dealkylation sites (tertiary alicyclic amines) is 1. The Hall–Kier alpha value is -1.88. The van der Waals surface area contributed by atoms with Crippen LogP contribution >= 0.6 is 0 Å². The Bertz CT molecular complexity index is 605. The van der Waals surface area contributed by atoms with Crippen molar-refractivity contribution in [3.05, 3.63) is 35.9 Å². The van der Waals surface area contributed by atoms with Crippen molar-refractivity contribution in [2.24, 2.45) is 5.92 Å². The molecule has 142 valence electrons. The molecule has 1 saturated carbocycles. The molecule has 1 aromatic rings. The largest absolute Gasteiger partial charge is 0.353 e. The molecule has 1 heterocycles. The molecule has 0 atom stereocenters. The van der Waals surface area contributed by atoms with E-state index in [4.69, 9.17) is 0 Å². The Morgan fingerprint density at radius 2 is 1.77 bits per heavy atom. The molecule has 3 rings (SSSR count). The minimum Gasteiger partial charge on any atom is -0.353 e. The van der Waals surface area contributed by atoms with Gasteiger partial charge >= 0.3 is 0 Å². The van der Waals surface area contributed by atoms with Crippen LogP contribution in [0.1, 0.15) is 45.1 Å². The standard InChI is InChI=1S/C21H31N3O2/c1-16(2)22-20(25)15-23-12-10-18(11-13-23)21(26)24(19-8-9-19)14-17-6-4-3-5-7-17/h3-7,16,18-19H,8-15H2,1-2H3,(H,22,25). The maximum atomic E-state index is 13.1. The first kappa shape index (κ1) is 18.9. The van der Waals surface area contributed by atoms with E-state index >= 15 is 0 Å². The van der Waals surface area contributed by atoms with Crippen LogP contribution in [-0.4, -0.2) is 53.3 Å². The van der Waals surface area contributed by atoms with Gasteiger partial charge in [0.2, 0.25) is 11.8 Å². The van der Waals surface area contributed by atoms with Gasteiger partial charge in [-0.15, -0.1) is 0 Å². The predicted molar refractivity (Wildman–Crippen MR) is 102 cm³/mol. The summed E-state index contributed by atoms with van der Waals surface area (Å²) in [4.78, 5) is 29.3. The van der Waals surface area contributed by atoms with E-state index in [0.717, 1.165) is 45.3 Å². The number of piperidine rings is 1. The van der Waals surface area contributed by atoms with Gasteiger partial charge in [0, 0.05) is 24.5 Å². The third kappa shape index (κ3) is 5.31. The number of benzene rings is 1. The van der Waals surface area contributed by atoms with Crippen molar-refractivity contribution in [3.8, 4) is 0 Å². The average Bonchev–Trinajstić information content (AvgIpc) is 3.45. The fraction of sp³-hybridized carbons (Fsp3) is 0.619. The van der Waals surface area contributed by atoms with Gasteiger partial charge in [-0.25, -0.2) is 0 Å². The van der Waals surface area contributed by atoms with Crippen molar-refractivity contribution in [2.45, 2.75) is 58.2 Å². The molecule has 0 aromatic heterocycles. The Morgan fingerprint density at radius 3 is 2.35 bits per heavy atom. The summed E-state index contributed by atoms with van der Waals surface area (Å²) >= 11 is 0. The van der Waals surface area contributed by atoms with Gasteiger partial charge < -0.3 is 10.2 Å². The molecule has 1 aromatic carbocycles. The van der Waals surface area contributed by atoms with E-state index in [-0.39, 0.29) is 17.9 Å². The highest BCUT2D eigenvalue weighted by Gasteiger charge is 2.37. The zero-order valence-electron chi connectivity index (χ0n) is 16.0. The highest BCUT2D eigenvalue weighted by atomic mass is 16.2. The van der Waals surface area contributed by atoms with Gasteiger partial charge in [0.05, 0.1) is 6.54 Å². The second-order valence-corrected chi connectivity index (χ2v) is 7.96. The number of nitrogens with zero attached hydrogens (tertiary/aromatic N) is 2. The summed E-state index contributed by atoms with van der Waals surface area (Å²) in [6, 6.07) is 10.9. The number of carbonyl (C=O) groups is 2. The minimum atomic E-state index is 0.0773.